The molecule has 0 bridgehead atoms. The van der Waals surface area contributed by atoms with Crippen LogP contribution in [0.2, 0.25) is 0 Å². The third kappa shape index (κ3) is 2.20. The van der Waals surface area contributed by atoms with Gasteiger partial charge in [0, 0.05) is 18.3 Å². The molecule has 0 spiro atoms. The van der Waals surface area contributed by atoms with Crippen LogP contribution in [0.1, 0.15) is 19.3 Å². The van der Waals surface area contributed by atoms with E-state index < -0.39 is 0 Å². The summed E-state index contributed by atoms with van der Waals surface area (Å²) in [7, 11) is 0. The van der Waals surface area contributed by atoms with Crippen molar-refractivity contribution >= 4 is 11.6 Å². The molecular weight excluding hydrogens is 232 g/mol. The molecule has 5 heteroatoms. The molecule has 2 aliphatic heterocycles. The number of amides is 1. The molecule has 1 amide bonds. The van der Waals surface area contributed by atoms with Gasteiger partial charge in [-0.15, -0.1) is 0 Å². The smallest absolute Gasteiger partial charge is 0.242 e. The van der Waals surface area contributed by atoms with Gasteiger partial charge in [-0.2, -0.15) is 0 Å². The van der Waals surface area contributed by atoms with E-state index in [1.165, 1.54) is 0 Å². The van der Waals surface area contributed by atoms with Gasteiger partial charge in [-0.25, -0.2) is 0 Å². The molecule has 0 radical (unpaired) electrons. The van der Waals surface area contributed by atoms with E-state index in [9.17, 15) is 4.79 Å². The fourth-order valence-corrected chi connectivity index (χ4v) is 2.26. The molecule has 96 valence electrons. The van der Waals surface area contributed by atoms with Gasteiger partial charge in [0.05, 0.1) is 0 Å². The number of ether oxygens (including phenoxy) is 2. The molecule has 0 aliphatic carbocycles. The number of nitrogens with one attached hydrogen (secondary N) is 2. The zero-order chi connectivity index (χ0) is 12.4. The molecule has 1 unspecified atom stereocenters. The maximum absolute atomic E-state index is 11.8. The lowest BCUT2D eigenvalue weighted by Crippen LogP contribution is -2.37. The first-order valence-electron chi connectivity index (χ1n) is 6.27. The molecule has 0 aromatic heterocycles. The van der Waals surface area contributed by atoms with Crippen LogP contribution < -0.4 is 20.1 Å². The number of hydrogen-bond donors (Lipinski definition) is 2. The zero-order valence-electron chi connectivity index (χ0n) is 10.1. The highest BCUT2D eigenvalue weighted by Gasteiger charge is 2.21. The summed E-state index contributed by atoms with van der Waals surface area (Å²) < 4.78 is 10.6. The van der Waals surface area contributed by atoms with Gasteiger partial charge in [0.1, 0.15) is 6.04 Å². The Morgan fingerprint density at radius 1 is 1.22 bits per heavy atom. The average Bonchev–Trinajstić information content (AvgIpc) is 2.75. The summed E-state index contributed by atoms with van der Waals surface area (Å²) in [4.78, 5) is 11.8. The summed E-state index contributed by atoms with van der Waals surface area (Å²) in [6.45, 7) is 1.04. The van der Waals surface area contributed by atoms with Crippen LogP contribution in [0.5, 0.6) is 11.5 Å². The summed E-state index contributed by atoms with van der Waals surface area (Å²) in [6, 6.07) is 5.48. The SMILES string of the molecule is O=C1NCCCCC1Nc1ccc2c(c1)OCO2. The lowest BCUT2D eigenvalue weighted by molar-refractivity contribution is -0.121. The van der Waals surface area contributed by atoms with Crippen molar-refractivity contribution in [2.24, 2.45) is 0 Å². The number of fused-ring (bicyclic) bond motifs is 1. The van der Waals surface area contributed by atoms with Gasteiger partial charge in [0.25, 0.3) is 0 Å². The van der Waals surface area contributed by atoms with Crippen LogP contribution in [-0.2, 0) is 4.79 Å². The second-order valence-electron chi connectivity index (χ2n) is 4.55. The molecule has 18 heavy (non-hydrogen) atoms. The molecule has 5 nitrogen and oxygen atoms in total. The lowest BCUT2D eigenvalue weighted by Gasteiger charge is -2.16. The summed E-state index contributed by atoms with van der Waals surface area (Å²) in [5, 5.41) is 6.16. The number of carbonyl (C=O) groups is 1. The predicted molar refractivity (Wildman–Crippen MR) is 66.8 cm³/mol. The summed E-state index contributed by atoms with van der Waals surface area (Å²) in [5.41, 5.74) is 0.890. The Balaban J connectivity index is 1.73. The maximum atomic E-state index is 11.8. The van der Waals surface area contributed by atoms with Crippen molar-refractivity contribution in [3.8, 4) is 11.5 Å². The first-order chi connectivity index (χ1) is 8.83. The Labute approximate surface area is 105 Å². The minimum Gasteiger partial charge on any atom is -0.454 e. The molecule has 2 N–H and O–H groups in total. The highest BCUT2D eigenvalue weighted by atomic mass is 16.7. The van der Waals surface area contributed by atoms with Crippen molar-refractivity contribution in [3.63, 3.8) is 0 Å². The molecule has 1 fully saturated rings. The third-order valence-corrected chi connectivity index (χ3v) is 3.25. The van der Waals surface area contributed by atoms with E-state index in [-0.39, 0.29) is 18.7 Å². The van der Waals surface area contributed by atoms with Gasteiger partial charge in [0.15, 0.2) is 11.5 Å². The Kier molecular flexibility index (Phi) is 2.96. The fraction of sp³-hybridized carbons (Fsp3) is 0.462. The minimum atomic E-state index is -0.159. The van der Waals surface area contributed by atoms with E-state index in [0.717, 1.165) is 43.0 Å². The van der Waals surface area contributed by atoms with Gasteiger partial charge in [0.2, 0.25) is 12.7 Å². The maximum Gasteiger partial charge on any atom is 0.242 e. The quantitative estimate of drug-likeness (QED) is 0.832. The van der Waals surface area contributed by atoms with Crippen LogP contribution in [0.25, 0.3) is 0 Å². The van der Waals surface area contributed by atoms with Crippen LogP contribution in [0.4, 0.5) is 5.69 Å². The van der Waals surface area contributed by atoms with Gasteiger partial charge in [-0.3, -0.25) is 4.79 Å². The predicted octanol–water partition coefficient (Wildman–Crippen LogP) is 1.50. The molecule has 2 heterocycles. The molecule has 2 aliphatic rings. The number of carbonyl (C=O) groups excluding carboxylic acids is 1. The van der Waals surface area contributed by atoms with E-state index in [0.29, 0.717) is 0 Å². The molecule has 1 saturated heterocycles. The largest absolute Gasteiger partial charge is 0.454 e. The summed E-state index contributed by atoms with van der Waals surface area (Å²) in [5.74, 6) is 1.56. The van der Waals surface area contributed by atoms with Gasteiger partial charge >= 0.3 is 0 Å². The average molecular weight is 248 g/mol. The Hall–Kier alpha value is -1.91. The molecule has 0 saturated carbocycles. The Morgan fingerprint density at radius 3 is 3.06 bits per heavy atom. The van der Waals surface area contributed by atoms with Crippen molar-refractivity contribution in [3.05, 3.63) is 18.2 Å². The standard InChI is InChI=1S/C13H16N2O3/c16-13-10(3-1-2-6-14-13)15-9-4-5-11-12(7-9)18-8-17-11/h4-5,7,10,15H,1-3,6,8H2,(H,14,16). The molecule has 1 aromatic carbocycles. The van der Waals surface area contributed by atoms with Crippen molar-refractivity contribution in [2.45, 2.75) is 25.3 Å². The van der Waals surface area contributed by atoms with E-state index in [4.69, 9.17) is 9.47 Å². The van der Waals surface area contributed by atoms with Crippen LogP contribution in [0.3, 0.4) is 0 Å². The Morgan fingerprint density at radius 2 is 2.11 bits per heavy atom. The van der Waals surface area contributed by atoms with Gasteiger partial charge in [-0.05, 0) is 31.4 Å². The van der Waals surface area contributed by atoms with Crippen molar-refractivity contribution in [2.75, 3.05) is 18.7 Å². The monoisotopic (exact) mass is 248 g/mol. The normalized spacial score (nSPS) is 22.2. The topological polar surface area (TPSA) is 59.6 Å². The van der Waals surface area contributed by atoms with Gasteiger partial charge < -0.3 is 20.1 Å². The second kappa shape index (κ2) is 4.76. The van der Waals surface area contributed by atoms with E-state index in [1.54, 1.807) is 0 Å². The highest BCUT2D eigenvalue weighted by molar-refractivity contribution is 5.84. The lowest BCUT2D eigenvalue weighted by atomic mass is 10.1. The van der Waals surface area contributed by atoms with Crippen molar-refractivity contribution in [1.82, 2.24) is 5.32 Å². The molecule has 3 rings (SSSR count). The highest BCUT2D eigenvalue weighted by Crippen LogP contribution is 2.34. The first-order valence-corrected chi connectivity index (χ1v) is 6.27. The second-order valence-corrected chi connectivity index (χ2v) is 4.55. The van der Waals surface area contributed by atoms with Crippen molar-refractivity contribution < 1.29 is 14.3 Å². The number of anilines is 1. The number of hydrogen-bond acceptors (Lipinski definition) is 4. The van der Waals surface area contributed by atoms with E-state index in [2.05, 4.69) is 10.6 Å². The summed E-state index contributed by atoms with van der Waals surface area (Å²) >= 11 is 0. The first kappa shape index (κ1) is 11.2. The third-order valence-electron chi connectivity index (χ3n) is 3.25. The zero-order valence-corrected chi connectivity index (χ0v) is 10.1. The minimum absolute atomic E-state index is 0.0742. The molecule has 1 atom stereocenters. The number of rotatable bonds is 2. The molecule has 1 aromatic rings. The summed E-state index contributed by atoms with van der Waals surface area (Å²) in [6.07, 6.45) is 2.96. The van der Waals surface area contributed by atoms with E-state index >= 15 is 0 Å². The fourth-order valence-electron chi connectivity index (χ4n) is 2.26. The van der Waals surface area contributed by atoms with Crippen LogP contribution in [0, 0.1) is 0 Å². The van der Waals surface area contributed by atoms with Crippen molar-refractivity contribution in [1.29, 1.82) is 0 Å². The molecular formula is C13H16N2O3. The van der Waals surface area contributed by atoms with Gasteiger partial charge in [-0.1, -0.05) is 0 Å². The Bertz CT molecular complexity index is 462. The van der Waals surface area contributed by atoms with Crippen LogP contribution >= 0.6 is 0 Å². The van der Waals surface area contributed by atoms with Crippen LogP contribution in [0.15, 0.2) is 18.2 Å². The van der Waals surface area contributed by atoms with E-state index in [1.807, 2.05) is 18.2 Å². The number of benzene rings is 1. The van der Waals surface area contributed by atoms with Crippen LogP contribution in [-0.4, -0.2) is 25.3 Å².